The molecule has 2 rings (SSSR count). The van der Waals surface area contributed by atoms with Crippen molar-refractivity contribution in [2.75, 3.05) is 6.54 Å². The minimum atomic E-state index is -1.14. The molecule has 2 heterocycles. The predicted molar refractivity (Wildman–Crippen MR) is 69.4 cm³/mol. The summed E-state index contributed by atoms with van der Waals surface area (Å²) in [5, 5.41) is 15.8. The maximum Gasteiger partial charge on any atom is 0.337 e. The molecule has 0 radical (unpaired) electrons. The van der Waals surface area contributed by atoms with Crippen LogP contribution in [-0.2, 0) is 4.79 Å². The summed E-state index contributed by atoms with van der Waals surface area (Å²) in [6.07, 6.45) is 2.31. The zero-order valence-electron chi connectivity index (χ0n) is 10.1. The smallest absolute Gasteiger partial charge is 0.337 e. The molecule has 0 aromatic carbocycles. The molecule has 1 fully saturated rings. The average Bonchev–Trinajstić information content (AvgIpc) is 2.78. The van der Waals surface area contributed by atoms with E-state index < -0.39 is 17.9 Å². The van der Waals surface area contributed by atoms with E-state index in [1.54, 1.807) is 5.38 Å². The van der Waals surface area contributed by atoms with Gasteiger partial charge in [0.1, 0.15) is 10.9 Å². The van der Waals surface area contributed by atoms with Gasteiger partial charge in [0, 0.05) is 6.54 Å². The summed E-state index contributed by atoms with van der Waals surface area (Å²) in [6.45, 7) is 0.616. The third kappa shape index (κ3) is 3.11. The minimum absolute atomic E-state index is 0.0310. The first-order valence-electron chi connectivity index (χ1n) is 5.99. The topological polar surface area (TPSA) is 95.5 Å². The van der Waals surface area contributed by atoms with Crippen LogP contribution in [0.5, 0.6) is 0 Å². The second-order valence-electron chi connectivity index (χ2n) is 4.28. The van der Waals surface area contributed by atoms with Crippen LogP contribution in [0.3, 0.4) is 0 Å². The Kier molecular flexibility index (Phi) is 4.16. The van der Waals surface area contributed by atoms with E-state index in [1.165, 1.54) is 6.07 Å². The SMILES string of the molecule is O=C(O)c1ccsc1C(=O)N[C@H]1CCCCNC1=O. The molecule has 1 saturated heterocycles. The standard InChI is InChI=1S/C12H14N2O4S/c15-10-8(3-1-2-5-13-10)14-11(16)9-7(12(17)18)4-6-19-9/h4,6,8H,1-3,5H2,(H,13,15)(H,14,16)(H,17,18)/t8-/m0/s1. The quantitative estimate of drug-likeness (QED) is 0.765. The van der Waals surface area contributed by atoms with Crippen LogP contribution in [0.15, 0.2) is 11.4 Å². The Bertz CT molecular complexity index is 512. The first kappa shape index (κ1) is 13.5. The van der Waals surface area contributed by atoms with Crippen LogP contribution in [0, 0.1) is 0 Å². The number of carbonyl (C=O) groups excluding carboxylic acids is 2. The molecule has 1 atom stereocenters. The lowest BCUT2D eigenvalue weighted by Gasteiger charge is -2.14. The van der Waals surface area contributed by atoms with Gasteiger partial charge in [0.05, 0.1) is 5.56 Å². The molecule has 102 valence electrons. The number of aromatic carboxylic acids is 1. The van der Waals surface area contributed by atoms with E-state index in [2.05, 4.69) is 10.6 Å². The van der Waals surface area contributed by atoms with Crippen LogP contribution >= 0.6 is 11.3 Å². The Balaban J connectivity index is 2.09. The van der Waals surface area contributed by atoms with Gasteiger partial charge >= 0.3 is 5.97 Å². The molecule has 1 aliphatic heterocycles. The van der Waals surface area contributed by atoms with Crippen molar-refractivity contribution in [3.63, 3.8) is 0 Å². The van der Waals surface area contributed by atoms with E-state index in [9.17, 15) is 14.4 Å². The van der Waals surface area contributed by atoms with E-state index in [1.807, 2.05) is 0 Å². The zero-order valence-corrected chi connectivity index (χ0v) is 11.0. The van der Waals surface area contributed by atoms with Gasteiger partial charge in [-0.1, -0.05) is 0 Å². The van der Waals surface area contributed by atoms with Crippen molar-refractivity contribution in [2.24, 2.45) is 0 Å². The monoisotopic (exact) mass is 282 g/mol. The minimum Gasteiger partial charge on any atom is -0.478 e. The van der Waals surface area contributed by atoms with E-state index in [-0.39, 0.29) is 16.3 Å². The number of thiophene rings is 1. The van der Waals surface area contributed by atoms with Crippen molar-refractivity contribution in [2.45, 2.75) is 25.3 Å². The normalized spacial score (nSPS) is 19.4. The van der Waals surface area contributed by atoms with Crippen molar-refractivity contribution in [1.29, 1.82) is 0 Å². The first-order chi connectivity index (χ1) is 9.09. The maximum atomic E-state index is 12.0. The number of rotatable bonds is 3. The highest BCUT2D eigenvalue weighted by Gasteiger charge is 2.25. The second-order valence-corrected chi connectivity index (χ2v) is 5.20. The Morgan fingerprint density at radius 2 is 2.21 bits per heavy atom. The number of carboxylic acid groups (broad SMARTS) is 1. The van der Waals surface area contributed by atoms with Crippen molar-refractivity contribution >= 4 is 29.1 Å². The van der Waals surface area contributed by atoms with Gasteiger partial charge in [-0.15, -0.1) is 11.3 Å². The number of nitrogens with one attached hydrogen (secondary N) is 2. The number of hydrogen-bond acceptors (Lipinski definition) is 4. The Morgan fingerprint density at radius 1 is 1.42 bits per heavy atom. The summed E-state index contributed by atoms with van der Waals surface area (Å²) in [6, 6.07) is 0.800. The van der Waals surface area contributed by atoms with Crippen LogP contribution in [0.2, 0.25) is 0 Å². The van der Waals surface area contributed by atoms with Gasteiger partial charge in [-0.3, -0.25) is 9.59 Å². The summed E-state index contributed by atoms with van der Waals surface area (Å²) < 4.78 is 0. The fourth-order valence-corrected chi connectivity index (χ4v) is 2.74. The number of carboxylic acids is 1. The van der Waals surface area contributed by atoms with E-state index in [0.717, 1.165) is 24.2 Å². The molecular formula is C12H14N2O4S. The fourth-order valence-electron chi connectivity index (χ4n) is 1.95. The molecule has 6 nitrogen and oxygen atoms in total. The van der Waals surface area contributed by atoms with Gasteiger partial charge in [0.2, 0.25) is 5.91 Å². The summed E-state index contributed by atoms with van der Waals surface area (Å²) in [4.78, 5) is 34.8. The summed E-state index contributed by atoms with van der Waals surface area (Å²) in [7, 11) is 0. The lowest BCUT2D eigenvalue weighted by molar-refractivity contribution is -0.122. The molecular weight excluding hydrogens is 268 g/mol. The zero-order chi connectivity index (χ0) is 13.8. The number of amides is 2. The number of carbonyl (C=O) groups is 3. The average molecular weight is 282 g/mol. The molecule has 7 heteroatoms. The molecule has 2 amide bonds. The van der Waals surface area contributed by atoms with E-state index in [4.69, 9.17) is 5.11 Å². The molecule has 0 bridgehead atoms. The fraction of sp³-hybridized carbons (Fsp3) is 0.417. The highest BCUT2D eigenvalue weighted by atomic mass is 32.1. The van der Waals surface area contributed by atoms with E-state index in [0.29, 0.717) is 13.0 Å². The Labute approximate surface area is 113 Å². The molecule has 0 saturated carbocycles. The lowest BCUT2D eigenvalue weighted by Crippen LogP contribution is -2.45. The van der Waals surface area contributed by atoms with Crippen LogP contribution in [0.1, 0.15) is 39.3 Å². The third-order valence-corrected chi connectivity index (χ3v) is 3.86. The lowest BCUT2D eigenvalue weighted by atomic mass is 10.1. The molecule has 0 spiro atoms. The van der Waals surface area contributed by atoms with Crippen molar-refractivity contribution < 1.29 is 19.5 Å². The summed E-state index contributed by atoms with van der Waals surface area (Å²) in [5.41, 5.74) is -0.0310. The molecule has 1 aromatic heterocycles. The molecule has 1 aliphatic rings. The van der Waals surface area contributed by atoms with Crippen molar-refractivity contribution in [1.82, 2.24) is 10.6 Å². The molecule has 0 aliphatic carbocycles. The Morgan fingerprint density at radius 3 is 2.95 bits per heavy atom. The van der Waals surface area contributed by atoms with Crippen molar-refractivity contribution in [3.8, 4) is 0 Å². The first-order valence-corrected chi connectivity index (χ1v) is 6.87. The molecule has 19 heavy (non-hydrogen) atoms. The van der Waals surface area contributed by atoms with Gasteiger partial charge in [-0.2, -0.15) is 0 Å². The van der Waals surface area contributed by atoms with Crippen molar-refractivity contribution in [3.05, 3.63) is 21.9 Å². The van der Waals surface area contributed by atoms with Crippen LogP contribution in [0.25, 0.3) is 0 Å². The second kappa shape index (κ2) is 5.83. The van der Waals surface area contributed by atoms with Gasteiger partial charge in [0.15, 0.2) is 0 Å². The Hall–Kier alpha value is -1.89. The third-order valence-electron chi connectivity index (χ3n) is 2.94. The highest BCUT2D eigenvalue weighted by molar-refractivity contribution is 7.12. The van der Waals surface area contributed by atoms with Crippen LogP contribution < -0.4 is 10.6 Å². The summed E-state index contributed by atoms with van der Waals surface area (Å²) in [5.74, 6) is -1.86. The number of hydrogen-bond donors (Lipinski definition) is 3. The predicted octanol–water partition coefficient (Wildman–Crippen LogP) is 0.845. The maximum absolute atomic E-state index is 12.0. The molecule has 1 aromatic rings. The van der Waals surface area contributed by atoms with E-state index >= 15 is 0 Å². The van der Waals surface area contributed by atoms with Gasteiger partial charge < -0.3 is 15.7 Å². The van der Waals surface area contributed by atoms with Crippen LogP contribution in [0.4, 0.5) is 0 Å². The highest BCUT2D eigenvalue weighted by Crippen LogP contribution is 2.17. The van der Waals surface area contributed by atoms with Crippen LogP contribution in [-0.4, -0.2) is 35.5 Å². The van der Waals surface area contributed by atoms with Gasteiger partial charge in [-0.25, -0.2) is 4.79 Å². The molecule has 3 N–H and O–H groups in total. The molecule has 0 unspecified atom stereocenters. The summed E-state index contributed by atoms with van der Waals surface area (Å²) >= 11 is 1.06. The van der Waals surface area contributed by atoms with Gasteiger partial charge in [-0.05, 0) is 30.7 Å². The van der Waals surface area contributed by atoms with Gasteiger partial charge in [0.25, 0.3) is 5.91 Å². The largest absolute Gasteiger partial charge is 0.478 e.